The van der Waals surface area contributed by atoms with E-state index in [0.717, 1.165) is 0 Å². The lowest BCUT2D eigenvalue weighted by Crippen LogP contribution is -2.49. The first-order valence-electron chi connectivity index (χ1n) is 10.2. The molecule has 174 valence electrons. The molecule has 0 unspecified atom stereocenters. The summed E-state index contributed by atoms with van der Waals surface area (Å²) in [4.78, 5) is 20.7. The van der Waals surface area contributed by atoms with Gasteiger partial charge in [0.2, 0.25) is 10.0 Å². The van der Waals surface area contributed by atoms with Crippen molar-refractivity contribution in [3.8, 4) is 5.69 Å². The zero-order valence-electron chi connectivity index (χ0n) is 17.5. The Labute approximate surface area is 192 Å². The number of hydrogen-bond donors (Lipinski definition) is 0. The number of nitro benzene ring substituents is 1. The van der Waals surface area contributed by atoms with Gasteiger partial charge in [-0.3, -0.25) is 10.1 Å². The minimum absolute atomic E-state index is 0.00554. The van der Waals surface area contributed by atoms with Crippen LogP contribution >= 0.6 is 0 Å². The summed E-state index contributed by atoms with van der Waals surface area (Å²) in [5.74, 6) is 0.0841. The lowest BCUT2D eigenvalue weighted by molar-refractivity contribution is -0.384. The normalized spacial score (nSPS) is 15.0. The topological polar surface area (TPSA) is 140 Å². The Morgan fingerprint density at radius 1 is 1.00 bits per heavy atom. The van der Waals surface area contributed by atoms with Gasteiger partial charge in [0.15, 0.2) is 17.0 Å². The third kappa shape index (κ3) is 3.82. The molecule has 0 bridgehead atoms. The van der Waals surface area contributed by atoms with E-state index < -0.39 is 20.8 Å². The molecule has 0 saturated carbocycles. The van der Waals surface area contributed by atoms with E-state index in [4.69, 9.17) is 0 Å². The smallest absolute Gasteiger partial charge is 0.269 e. The van der Waals surface area contributed by atoms with Crippen LogP contribution in [-0.2, 0) is 10.0 Å². The molecule has 1 fully saturated rings. The SMILES string of the molecule is O=[N+]([O-])c1ccc(S(=O)(=O)N2CCN(c3ncnc4c3nnn4-c3cccc(F)c3)CC2)cc1. The summed E-state index contributed by atoms with van der Waals surface area (Å²) < 4.78 is 42.3. The minimum atomic E-state index is -3.80. The second-order valence-electron chi connectivity index (χ2n) is 7.49. The fraction of sp³-hybridized carbons (Fsp3) is 0.200. The van der Waals surface area contributed by atoms with Crippen molar-refractivity contribution in [3.63, 3.8) is 0 Å². The number of nitrogens with zero attached hydrogens (tertiary/aromatic N) is 8. The molecule has 2 aromatic carbocycles. The number of hydrogen-bond acceptors (Lipinski definition) is 9. The number of anilines is 1. The number of non-ortho nitro benzene ring substituents is 1. The molecule has 5 rings (SSSR count). The fourth-order valence-corrected chi connectivity index (χ4v) is 5.20. The molecule has 0 radical (unpaired) electrons. The van der Waals surface area contributed by atoms with Crippen LogP contribution in [0.1, 0.15) is 0 Å². The van der Waals surface area contributed by atoms with Gasteiger partial charge in [-0.25, -0.2) is 22.8 Å². The highest BCUT2D eigenvalue weighted by Gasteiger charge is 2.30. The van der Waals surface area contributed by atoms with Crippen molar-refractivity contribution in [2.24, 2.45) is 0 Å². The molecule has 3 heterocycles. The van der Waals surface area contributed by atoms with Crippen molar-refractivity contribution in [3.05, 3.63) is 70.8 Å². The van der Waals surface area contributed by atoms with Gasteiger partial charge in [-0.05, 0) is 30.3 Å². The van der Waals surface area contributed by atoms with Gasteiger partial charge in [0.05, 0.1) is 15.5 Å². The van der Waals surface area contributed by atoms with Crippen LogP contribution in [0.15, 0.2) is 59.8 Å². The predicted molar refractivity (Wildman–Crippen MR) is 118 cm³/mol. The second kappa shape index (κ2) is 8.39. The van der Waals surface area contributed by atoms with Crippen LogP contribution in [-0.4, -0.2) is 68.8 Å². The van der Waals surface area contributed by atoms with Gasteiger partial charge in [0, 0.05) is 38.3 Å². The molecule has 14 heteroatoms. The van der Waals surface area contributed by atoms with E-state index in [9.17, 15) is 22.9 Å². The van der Waals surface area contributed by atoms with Gasteiger partial charge in [0.1, 0.15) is 12.1 Å². The number of aromatic nitrogens is 5. The first-order chi connectivity index (χ1) is 16.3. The van der Waals surface area contributed by atoms with Crippen LogP contribution in [0.3, 0.4) is 0 Å². The molecule has 12 nitrogen and oxygen atoms in total. The van der Waals surface area contributed by atoms with E-state index in [1.807, 2.05) is 4.90 Å². The van der Waals surface area contributed by atoms with Crippen LogP contribution in [0.2, 0.25) is 0 Å². The second-order valence-corrected chi connectivity index (χ2v) is 9.43. The summed E-state index contributed by atoms with van der Waals surface area (Å²) in [6.45, 7) is 1.04. The zero-order chi connectivity index (χ0) is 23.9. The van der Waals surface area contributed by atoms with Crippen molar-refractivity contribution >= 4 is 32.7 Å². The Morgan fingerprint density at radius 3 is 2.41 bits per heavy atom. The third-order valence-corrected chi connectivity index (χ3v) is 7.41. The molecule has 1 saturated heterocycles. The van der Waals surface area contributed by atoms with Gasteiger partial charge in [-0.1, -0.05) is 11.3 Å². The number of piperazine rings is 1. The molecule has 1 aliphatic heterocycles. The molecule has 0 spiro atoms. The summed E-state index contributed by atoms with van der Waals surface area (Å²) in [6.07, 6.45) is 1.36. The number of sulfonamides is 1. The van der Waals surface area contributed by atoms with Gasteiger partial charge in [-0.2, -0.15) is 8.99 Å². The number of nitro groups is 1. The Morgan fingerprint density at radius 2 is 1.74 bits per heavy atom. The Bertz CT molecular complexity index is 1480. The summed E-state index contributed by atoms with van der Waals surface area (Å²) >= 11 is 0. The Hall–Kier alpha value is -4.04. The first-order valence-corrected chi connectivity index (χ1v) is 11.6. The summed E-state index contributed by atoms with van der Waals surface area (Å²) in [5, 5.41) is 19.1. The standard InChI is InChI=1S/C20H17FN8O4S/c21-14-2-1-3-16(12-14)28-20-18(24-25-28)19(22-13-23-20)26-8-10-27(11-9-26)34(32,33)17-6-4-15(5-7-17)29(30)31/h1-7,12-13H,8-11H2. The fourth-order valence-electron chi connectivity index (χ4n) is 3.78. The summed E-state index contributed by atoms with van der Waals surface area (Å²) in [6, 6.07) is 10.7. The van der Waals surface area contributed by atoms with Crippen molar-refractivity contribution in [1.82, 2.24) is 29.3 Å². The minimum Gasteiger partial charge on any atom is -0.352 e. The average molecular weight is 484 g/mol. The van der Waals surface area contributed by atoms with Gasteiger partial charge >= 0.3 is 0 Å². The van der Waals surface area contributed by atoms with Crippen LogP contribution in [0.5, 0.6) is 0 Å². The molecule has 2 aromatic heterocycles. The number of halogens is 1. The highest BCUT2D eigenvalue weighted by molar-refractivity contribution is 7.89. The average Bonchev–Trinajstić information content (AvgIpc) is 3.28. The van der Waals surface area contributed by atoms with Gasteiger partial charge < -0.3 is 4.90 Å². The molecule has 0 amide bonds. The van der Waals surface area contributed by atoms with Crippen LogP contribution in [0.4, 0.5) is 15.9 Å². The zero-order valence-corrected chi connectivity index (χ0v) is 18.3. The molecule has 4 aromatic rings. The number of rotatable bonds is 5. The van der Waals surface area contributed by atoms with E-state index >= 15 is 0 Å². The number of benzene rings is 2. The Kier molecular flexibility index (Phi) is 5.37. The van der Waals surface area contributed by atoms with E-state index in [1.54, 1.807) is 12.1 Å². The van der Waals surface area contributed by atoms with Crippen molar-refractivity contribution in [1.29, 1.82) is 0 Å². The molecular weight excluding hydrogens is 467 g/mol. The lowest BCUT2D eigenvalue weighted by atomic mass is 10.3. The predicted octanol–water partition coefficient (Wildman–Crippen LogP) is 1.77. The monoisotopic (exact) mass is 484 g/mol. The van der Waals surface area contributed by atoms with Crippen molar-refractivity contribution < 1.29 is 17.7 Å². The summed E-state index contributed by atoms with van der Waals surface area (Å²) in [7, 11) is -3.80. The summed E-state index contributed by atoms with van der Waals surface area (Å²) in [5.41, 5.74) is 1.10. The number of fused-ring (bicyclic) bond motifs is 1. The third-order valence-electron chi connectivity index (χ3n) is 5.49. The molecular formula is C20H17FN8O4S. The van der Waals surface area contributed by atoms with Crippen LogP contribution in [0, 0.1) is 15.9 Å². The Balaban J connectivity index is 1.37. The maximum atomic E-state index is 13.7. The van der Waals surface area contributed by atoms with Crippen LogP contribution in [0.25, 0.3) is 16.9 Å². The molecule has 1 aliphatic rings. The largest absolute Gasteiger partial charge is 0.352 e. The van der Waals surface area contributed by atoms with E-state index in [0.29, 0.717) is 35.8 Å². The molecule has 0 aliphatic carbocycles. The van der Waals surface area contributed by atoms with Gasteiger partial charge in [0.25, 0.3) is 5.69 Å². The first kappa shape index (κ1) is 21.8. The molecule has 0 atom stereocenters. The van der Waals surface area contributed by atoms with Crippen LogP contribution < -0.4 is 4.90 Å². The molecule has 0 N–H and O–H groups in total. The van der Waals surface area contributed by atoms with E-state index in [1.165, 1.54) is 51.7 Å². The quantitative estimate of drug-likeness (QED) is 0.306. The van der Waals surface area contributed by atoms with Gasteiger partial charge in [-0.15, -0.1) is 5.10 Å². The maximum Gasteiger partial charge on any atom is 0.269 e. The highest BCUT2D eigenvalue weighted by Crippen LogP contribution is 2.26. The van der Waals surface area contributed by atoms with E-state index in [2.05, 4.69) is 20.3 Å². The van der Waals surface area contributed by atoms with Crippen molar-refractivity contribution in [2.45, 2.75) is 4.90 Å². The molecule has 34 heavy (non-hydrogen) atoms. The maximum absolute atomic E-state index is 13.7. The van der Waals surface area contributed by atoms with E-state index in [-0.39, 0.29) is 23.7 Å². The lowest BCUT2D eigenvalue weighted by Gasteiger charge is -2.34. The highest BCUT2D eigenvalue weighted by atomic mass is 32.2. The van der Waals surface area contributed by atoms with Crippen molar-refractivity contribution in [2.75, 3.05) is 31.1 Å².